The minimum Gasteiger partial charge on any atom is -0.478 e. The molecule has 0 bridgehead atoms. The highest BCUT2D eigenvalue weighted by Crippen LogP contribution is 2.29. The maximum atomic E-state index is 12.5. The van der Waals surface area contributed by atoms with Gasteiger partial charge in [0.2, 0.25) is 0 Å². The second-order valence-corrected chi connectivity index (χ2v) is 5.39. The number of hydrogen-bond acceptors (Lipinski definition) is 2. The molecule has 3 rings (SSSR count). The Balaban J connectivity index is 1.91. The van der Waals surface area contributed by atoms with Gasteiger partial charge in [-0.3, -0.25) is 4.98 Å². The Labute approximate surface area is 141 Å². The van der Waals surface area contributed by atoms with E-state index in [-0.39, 0.29) is 5.56 Å². The van der Waals surface area contributed by atoms with E-state index in [4.69, 9.17) is 0 Å². The number of carbonyl (C=O) groups is 1. The topological polar surface area (TPSA) is 50.2 Å². The zero-order valence-electron chi connectivity index (χ0n) is 12.8. The van der Waals surface area contributed by atoms with E-state index in [0.29, 0.717) is 16.5 Å². The summed E-state index contributed by atoms with van der Waals surface area (Å²) in [6.45, 7) is 0. The van der Waals surface area contributed by atoms with Crippen molar-refractivity contribution in [3.63, 3.8) is 0 Å². The van der Waals surface area contributed by atoms with Crippen molar-refractivity contribution >= 4 is 29.0 Å². The number of carboxylic acids is 1. The third-order valence-corrected chi connectivity index (χ3v) is 3.70. The highest BCUT2D eigenvalue weighted by molar-refractivity contribution is 6.03. The van der Waals surface area contributed by atoms with Gasteiger partial charge in [0.15, 0.2) is 0 Å². The number of aromatic nitrogens is 1. The zero-order chi connectivity index (χ0) is 18.0. The molecule has 126 valence electrons. The minimum atomic E-state index is -4.36. The first-order valence-electron chi connectivity index (χ1n) is 7.32. The Morgan fingerprint density at radius 1 is 0.960 bits per heavy atom. The van der Waals surface area contributed by atoms with Gasteiger partial charge in [0.25, 0.3) is 0 Å². The number of fused-ring (bicyclic) bond motifs is 1. The van der Waals surface area contributed by atoms with E-state index in [2.05, 4.69) is 4.98 Å². The number of carboxylic acid groups (broad SMARTS) is 1. The van der Waals surface area contributed by atoms with Crippen LogP contribution in [0.5, 0.6) is 0 Å². The largest absolute Gasteiger partial charge is 0.478 e. The molecule has 0 aliphatic rings. The fourth-order valence-corrected chi connectivity index (χ4v) is 2.43. The van der Waals surface area contributed by atoms with Gasteiger partial charge in [-0.05, 0) is 41.5 Å². The number of alkyl halides is 3. The highest BCUT2D eigenvalue weighted by atomic mass is 19.4. The van der Waals surface area contributed by atoms with E-state index in [1.807, 2.05) is 0 Å². The smallest absolute Gasteiger partial charge is 0.416 e. The number of aromatic carboxylic acids is 1. The first-order valence-corrected chi connectivity index (χ1v) is 7.32. The lowest BCUT2D eigenvalue weighted by Crippen LogP contribution is -2.03. The number of halogens is 3. The van der Waals surface area contributed by atoms with E-state index in [1.54, 1.807) is 30.4 Å². The molecule has 6 heteroatoms. The molecular weight excluding hydrogens is 331 g/mol. The van der Waals surface area contributed by atoms with Gasteiger partial charge >= 0.3 is 12.1 Å². The lowest BCUT2D eigenvalue weighted by molar-refractivity contribution is -0.137. The Kier molecular flexibility index (Phi) is 4.27. The van der Waals surface area contributed by atoms with Crippen LogP contribution < -0.4 is 0 Å². The summed E-state index contributed by atoms with van der Waals surface area (Å²) in [5.74, 6) is -1.05. The van der Waals surface area contributed by atoms with Crippen molar-refractivity contribution in [3.8, 4) is 0 Å². The van der Waals surface area contributed by atoms with Crippen LogP contribution in [0.25, 0.3) is 23.1 Å². The van der Waals surface area contributed by atoms with Gasteiger partial charge in [0.05, 0.1) is 16.6 Å². The predicted molar refractivity (Wildman–Crippen MR) is 89.1 cm³/mol. The Hall–Kier alpha value is -3.15. The van der Waals surface area contributed by atoms with Crippen LogP contribution in [0.2, 0.25) is 0 Å². The lowest BCUT2D eigenvalue weighted by atomic mass is 10.0. The molecule has 3 nitrogen and oxygen atoms in total. The van der Waals surface area contributed by atoms with Gasteiger partial charge in [-0.2, -0.15) is 13.2 Å². The van der Waals surface area contributed by atoms with Crippen molar-refractivity contribution in [2.24, 2.45) is 0 Å². The molecule has 1 N–H and O–H groups in total. The zero-order valence-corrected chi connectivity index (χ0v) is 12.8. The van der Waals surface area contributed by atoms with Gasteiger partial charge < -0.3 is 5.11 Å². The maximum absolute atomic E-state index is 12.5. The third kappa shape index (κ3) is 3.68. The molecule has 0 spiro atoms. The van der Waals surface area contributed by atoms with Crippen molar-refractivity contribution < 1.29 is 23.1 Å². The summed E-state index contributed by atoms with van der Waals surface area (Å²) in [6, 6.07) is 11.4. The van der Waals surface area contributed by atoms with Gasteiger partial charge in [0.1, 0.15) is 0 Å². The second-order valence-electron chi connectivity index (χ2n) is 5.39. The van der Waals surface area contributed by atoms with Gasteiger partial charge in [0, 0.05) is 11.6 Å². The standard InChI is InChI=1S/C19H12F3NO2/c20-19(21,22)14-6-3-12(4-7-14)1-2-13-5-8-17-16(11-13)15(18(24)25)9-10-23-17/h1-11H,(H,24,25)/b2-1+. The Morgan fingerprint density at radius 3 is 2.24 bits per heavy atom. The summed E-state index contributed by atoms with van der Waals surface area (Å²) >= 11 is 0. The summed E-state index contributed by atoms with van der Waals surface area (Å²) in [6.07, 6.45) is 0.448. The minimum absolute atomic E-state index is 0.148. The molecule has 3 aromatic rings. The van der Waals surface area contributed by atoms with Crippen molar-refractivity contribution in [1.82, 2.24) is 4.98 Å². The van der Waals surface area contributed by atoms with E-state index < -0.39 is 17.7 Å². The maximum Gasteiger partial charge on any atom is 0.416 e. The molecule has 0 aliphatic heterocycles. The molecule has 0 aliphatic carbocycles. The fraction of sp³-hybridized carbons (Fsp3) is 0.0526. The monoisotopic (exact) mass is 343 g/mol. The third-order valence-electron chi connectivity index (χ3n) is 3.70. The van der Waals surface area contributed by atoms with E-state index >= 15 is 0 Å². The summed E-state index contributed by atoms with van der Waals surface area (Å²) in [5, 5.41) is 9.74. The van der Waals surface area contributed by atoms with Gasteiger partial charge in [-0.1, -0.05) is 30.4 Å². The molecule has 0 fully saturated rings. The van der Waals surface area contributed by atoms with Crippen molar-refractivity contribution in [2.45, 2.75) is 6.18 Å². The van der Waals surface area contributed by atoms with Crippen LogP contribution in [0, 0.1) is 0 Å². The van der Waals surface area contributed by atoms with Crippen LogP contribution in [0.15, 0.2) is 54.7 Å². The highest BCUT2D eigenvalue weighted by Gasteiger charge is 2.29. The van der Waals surface area contributed by atoms with Crippen LogP contribution >= 0.6 is 0 Å². The molecule has 1 heterocycles. The molecule has 0 saturated carbocycles. The molecule has 25 heavy (non-hydrogen) atoms. The summed E-state index contributed by atoms with van der Waals surface area (Å²) in [7, 11) is 0. The van der Waals surface area contributed by atoms with Crippen molar-refractivity contribution in [1.29, 1.82) is 0 Å². The van der Waals surface area contributed by atoms with E-state index in [0.717, 1.165) is 17.7 Å². The van der Waals surface area contributed by atoms with Crippen LogP contribution in [0.1, 0.15) is 27.0 Å². The SMILES string of the molecule is O=C(O)c1ccnc2ccc(/C=C/c3ccc(C(F)(F)F)cc3)cc12. The van der Waals surface area contributed by atoms with Crippen LogP contribution in [-0.2, 0) is 6.18 Å². The van der Waals surface area contributed by atoms with E-state index in [1.165, 1.54) is 24.4 Å². The summed E-state index contributed by atoms with van der Waals surface area (Å²) in [4.78, 5) is 15.4. The average molecular weight is 343 g/mol. The molecule has 0 unspecified atom stereocenters. The molecule has 0 radical (unpaired) electrons. The Morgan fingerprint density at radius 2 is 1.60 bits per heavy atom. The number of nitrogens with zero attached hydrogens (tertiary/aromatic N) is 1. The molecule has 0 amide bonds. The normalized spacial score (nSPS) is 12.0. The molecule has 0 atom stereocenters. The number of hydrogen-bond donors (Lipinski definition) is 1. The van der Waals surface area contributed by atoms with E-state index in [9.17, 15) is 23.1 Å². The molecule has 1 aromatic heterocycles. The number of pyridine rings is 1. The van der Waals surface area contributed by atoms with Gasteiger partial charge in [-0.15, -0.1) is 0 Å². The first-order chi connectivity index (χ1) is 11.8. The molecule has 2 aromatic carbocycles. The summed E-state index contributed by atoms with van der Waals surface area (Å²) in [5.41, 5.74) is 1.34. The predicted octanol–water partition coefficient (Wildman–Crippen LogP) is 5.12. The van der Waals surface area contributed by atoms with Gasteiger partial charge in [-0.25, -0.2) is 4.79 Å². The van der Waals surface area contributed by atoms with Crippen LogP contribution in [0.4, 0.5) is 13.2 Å². The Bertz CT molecular complexity index is 961. The number of rotatable bonds is 3. The van der Waals surface area contributed by atoms with Crippen molar-refractivity contribution in [2.75, 3.05) is 0 Å². The first kappa shape index (κ1) is 16.7. The second kappa shape index (κ2) is 6.39. The molecular formula is C19H12F3NO2. The number of benzene rings is 2. The fourth-order valence-electron chi connectivity index (χ4n) is 2.43. The molecule has 0 saturated heterocycles. The van der Waals surface area contributed by atoms with Crippen molar-refractivity contribution in [3.05, 3.63) is 77.0 Å². The van der Waals surface area contributed by atoms with Crippen LogP contribution in [-0.4, -0.2) is 16.1 Å². The quantitative estimate of drug-likeness (QED) is 0.671. The summed E-state index contributed by atoms with van der Waals surface area (Å²) < 4.78 is 37.6. The average Bonchev–Trinajstić information content (AvgIpc) is 2.58. The van der Waals surface area contributed by atoms with Crippen LogP contribution in [0.3, 0.4) is 0 Å². The lowest BCUT2D eigenvalue weighted by Gasteiger charge is -2.06.